The van der Waals surface area contributed by atoms with Crippen LogP contribution in [0.4, 0.5) is 0 Å². The Balaban J connectivity index is 1.49. The smallest absolute Gasteiger partial charge is 0.271 e. The summed E-state index contributed by atoms with van der Waals surface area (Å²) in [5, 5.41) is 9.77. The summed E-state index contributed by atoms with van der Waals surface area (Å²) in [6, 6.07) is 9.31. The largest absolute Gasteiger partial charge is 0.497 e. The van der Waals surface area contributed by atoms with E-state index in [4.69, 9.17) is 4.74 Å². The lowest BCUT2D eigenvalue weighted by Gasteiger charge is -2.31. The van der Waals surface area contributed by atoms with Gasteiger partial charge in [0.2, 0.25) is 0 Å². The number of aryl methyl sites for hydroxylation is 1. The third kappa shape index (κ3) is 4.32. The van der Waals surface area contributed by atoms with Gasteiger partial charge in [-0.25, -0.2) is 9.97 Å². The number of rotatable bonds is 5. The number of hydrogen-bond acceptors (Lipinski definition) is 6. The van der Waals surface area contributed by atoms with Crippen molar-refractivity contribution in [2.45, 2.75) is 25.7 Å². The molecule has 0 spiro atoms. The normalized spacial score (nSPS) is 16.0. The molecular formula is C23H26N6O3. The number of hydrogen-bond donors (Lipinski definition) is 2. The van der Waals surface area contributed by atoms with Gasteiger partial charge >= 0.3 is 0 Å². The molecule has 2 amide bonds. The molecule has 1 aliphatic rings. The van der Waals surface area contributed by atoms with Crippen molar-refractivity contribution in [3.63, 3.8) is 0 Å². The lowest BCUT2D eigenvalue weighted by molar-refractivity contribution is 0.0698. The van der Waals surface area contributed by atoms with E-state index in [2.05, 4.69) is 25.5 Å². The molecule has 4 rings (SSSR count). The first-order valence-electron chi connectivity index (χ1n) is 10.5. The van der Waals surface area contributed by atoms with Crippen molar-refractivity contribution in [1.29, 1.82) is 0 Å². The monoisotopic (exact) mass is 434 g/mol. The minimum atomic E-state index is -0.208. The van der Waals surface area contributed by atoms with Gasteiger partial charge in [-0.05, 0) is 38.0 Å². The number of carbonyl (C=O) groups excluding carboxylic acids is 2. The van der Waals surface area contributed by atoms with E-state index < -0.39 is 0 Å². The lowest BCUT2D eigenvalue weighted by atomic mass is 9.96. The number of aromatic amines is 1. The van der Waals surface area contributed by atoms with Crippen LogP contribution in [0.1, 0.15) is 51.1 Å². The molecule has 9 nitrogen and oxygen atoms in total. The van der Waals surface area contributed by atoms with Gasteiger partial charge in [0.25, 0.3) is 11.8 Å². The van der Waals surface area contributed by atoms with E-state index in [-0.39, 0.29) is 17.7 Å². The highest BCUT2D eigenvalue weighted by atomic mass is 16.5. The summed E-state index contributed by atoms with van der Waals surface area (Å²) in [5.41, 5.74) is 3.09. The molecule has 3 heterocycles. The van der Waals surface area contributed by atoms with Crippen molar-refractivity contribution in [3.05, 3.63) is 59.3 Å². The molecule has 1 aromatic carbocycles. The molecule has 0 aliphatic carbocycles. The number of piperidine rings is 1. The first kappa shape index (κ1) is 21.5. The highest BCUT2D eigenvalue weighted by Crippen LogP contribution is 2.27. The molecular weight excluding hydrogens is 408 g/mol. The second kappa shape index (κ2) is 9.17. The predicted molar refractivity (Wildman–Crippen MR) is 119 cm³/mol. The van der Waals surface area contributed by atoms with Crippen LogP contribution in [0.2, 0.25) is 0 Å². The average Bonchev–Trinajstić information content (AvgIpc) is 3.33. The third-order valence-corrected chi connectivity index (χ3v) is 5.72. The first-order valence-corrected chi connectivity index (χ1v) is 10.5. The Bertz CT molecular complexity index is 1140. The first-order chi connectivity index (χ1) is 15.5. The minimum absolute atomic E-state index is 0.0194. The van der Waals surface area contributed by atoms with Crippen molar-refractivity contribution in [2.24, 2.45) is 0 Å². The van der Waals surface area contributed by atoms with Crippen LogP contribution in [-0.2, 0) is 0 Å². The zero-order chi connectivity index (χ0) is 22.7. The summed E-state index contributed by atoms with van der Waals surface area (Å²) in [4.78, 5) is 35.8. The zero-order valence-electron chi connectivity index (χ0n) is 18.4. The topological polar surface area (TPSA) is 113 Å². The average molecular weight is 435 g/mol. The van der Waals surface area contributed by atoms with E-state index in [1.54, 1.807) is 33.3 Å². The predicted octanol–water partition coefficient (Wildman–Crippen LogP) is 2.56. The quantitative estimate of drug-likeness (QED) is 0.638. The second-order valence-corrected chi connectivity index (χ2v) is 7.80. The van der Waals surface area contributed by atoms with Gasteiger partial charge in [-0.3, -0.25) is 14.7 Å². The van der Waals surface area contributed by atoms with Crippen LogP contribution in [-0.4, -0.2) is 64.1 Å². The van der Waals surface area contributed by atoms with Crippen molar-refractivity contribution in [1.82, 2.24) is 30.4 Å². The van der Waals surface area contributed by atoms with Crippen molar-refractivity contribution >= 4 is 11.8 Å². The molecule has 32 heavy (non-hydrogen) atoms. The van der Waals surface area contributed by atoms with Gasteiger partial charge in [0, 0.05) is 37.8 Å². The van der Waals surface area contributed by atoms with Gasteiger partial charge < -0.3 is 15.0 Å². The highest BCUT2D eigenvalue weighted by molar-refractivity contribution is 5.94. The van der Waals surface area contributed by atoms with Gasteiger partial charge in [-0.15, -0.1) is 0 Å². The van der Waals surface area contributed by atoms with Gasteiger partial charge in [-0.1, -0.05) is 12.1 Å². The fourth-order valence-corrected chi connectivity index (χ4v) is 3.94. The molecule has 2 N–H and O–H groups in total. The zero-order valence-corrected chi connectivity index (χ0v) is 18.4. The van der Waals surface area contributed by atoms with E-state index in [1.807, 2.05) is 29.2 Å². The van der Waals surface area contributed by atoms with Crippen LogP contribution in [0.3, 0.4) is 0 Å². The molecule has 3 aromatic rings. The molecule has 2 aromatic heterocycles. The van der Waals surface area contributed by atoms with Gasteiger partial charge in [0.1, 0.15) is 17.3 Å². The number of methoxy groups -OCH3 is 1. The van der Waals surface area contributed by atoms with E-state index in [9.17, 15) is 9.59 Å². The van der Waals surface area contributed by atoms with Gasteiger partial charge in [0.15, 0.2) is 0 Å². The fourth-order valence-electron chi connectivity index (χ4n) is 3.94. The van der Waals surface area contributed by atoms with E-state index in [0.29, 0.717) is 41.6 Å². The molecule has 1 fully saturated rings. The SMILES string of the molecule is CNC(=O)c1cnc([C@H]2CCCN(C(=O)c3cc(-c4cccc(OC)c4)n[nH]3)C2)nc1C. The Kier molecular flexibility index (Phi) is 6.16. The number of ether oxygens (including phenoxy) is 1. The summed E-state index contributed by atoms with van der Waals surface area (Å²) in [7, 11) is 3.19. The molecule has 0 radical (unpaired) electrons. The summed E-state index contributed by atoms with van der Waals surface area (Å²) >= 11 is 0. The van der Waals surface area contributed by atoms with E-state index in [0.717, 1.165) is 24.2 Å². The van der Waals surface area contributed by atoms with Crippen LogP contribution in [0, 0.1) is 6.92 Å². The Morgan fingerprint density at radius 1 is 1.28 bits per heavy atom. The maximum Gasteiger partial charge on any atom is 0.271 e. The number of benzene rings is 1. The van der Waals surface area contributed by atoms with Crippen LogP contribution < -0.4 is 10.1 Å². The lowest BCUT2D eigenvalue weighted by Crippen LogP contribution is -2.39. The molecule has 0 bridgehead atoms. The number of nitrogens with one attached hydrogen (secondary N) is 2. The summed E-state index contributed by atoms with van der Waals surface area (Å²) in [6.45, 7) is 2.98. The Morgan fingerprint density at radius 3 is 2.88 bits per heavy atom. The molecule has 1 saturated heterocycles. The molecule has 166 valence electrons. The fraction of sp³-hybridized carbons (Fsp3) is 0.348. The van der Waals surface area contributed by atoms with Crippen LogP contribution >= 0.6 is 0 Å². The molecule has 1 atom stereocenters. The number of nitrogens with zero attached hydrogens (tertiary/aromatic N) is 4. The van der Waals surface area contributed by atoms with Crippen molar-refractivity contribution < 1.29 is 14.3 Å². The van der Waals surface area contributed by atoms with Gasteiger partial charge in [-0.2, -0.15) is 5.10 Å². The van der Waals surface area contributed by atoms with Crippen LogP contribution in [0.25, 0.3) is 11.3 Å². The number of likely N-dealkylation sites (tertiary alicyclic amines) is 1. The Labute approximate surface area is 186 Å². The third-order valence-electron chi connectivity index (χ3n) is 5.72. The van der Waals surface area contributed by atoms with Gasteiger partial charge in [0.05, 0.1) is 24.1 Å². The molecule has 1 aliphatic heterocycles. The van der Waals surface area contributed by atoms with E-state index in [1.165, 1.54) is 0 Å². The molecule has 0 saturated carbocycles. The summed E-state index contributed by atoms with van der Waals surface area (Å²) < 4.78 is 5.27. The van der Waals surface area contributed by atoms with Crippen LogP contribution in [0.15, 0.2) is 36.5 Å². The number of H-pyrrole nitrogens is 1. The Morgan fingerprint density at radius 2 is 2.12 bits per heavy atom. The number of amides is 2. The van der Waals surface area contributed by atoms with Crippen molar-refractivity contribution in [2.75, 3.05) is 27.2 Å². The minimum Gasteiger partial charge on any atom is -0.497 e. The molecule has 9 heteroatoms. The van der Waals surface area contributed by atoms with E-state index >= 15 is 0 Å². The summed E-state index contributed by atoms with van der Waals surface area (Å²) in [6.07, 6.45) is 3.31. The second-order valence-electron chi connectivity index (χ2n) is 7.80. The number of aromatic nitrogens is 4. The Hall–Kier alpha value is -3.75. The summed E-state index contributed by atoms with van der Waals surface area (Å²) in [5.74, 6) is 1.10. The van der Waals surface area contributed by atoms with Crippen LogP contribution in [0.5, 0.6) is 5.75 Å². The number of carbonyl (C=O) groups is 2. The maximum absolute atomic E-state index is 13.1. The standard InChI is InChI=1S/C23H26N6O3/c1-14-18(22(30)24-2)12-25-21(26-14)16-7-5-9-29(13-16)23(31)20-11-19(27-28-20)15-6-4-8-17(10-15)32-3/h4,6,8,10-12,16H,5,7,9,13H2,1-3H3,(H,24,30)(H,27,28)/t16-/m0/s1. The van der Waals surface area contributed by atoms with Crippen molar-refractivity contribution in [3.8, 4) is 17.0 Å². The highest BCUT2D eigenvalue weighted by Gasteiger charge is 2.28. The molecule has 0 unspecified atom stereocenters. The maximum atomic E-state index is 13.1.